The molecular formula is C23H23IN2OS. The molecule has 0 saturated heterocycles. The molecular weight excluding hydrogens is 479 g/mol. The van der Waals surface area contributed by atoms with Crippen molar-refractivity contribution in [2.45, 2.75) is 20.4 Å². The molecule has 1 aromatic heterocycles. The lowest BCUT2D eigenvalue weighted by molar-refractivity contribution is -0.665. The number of hydrogen-bond donors (Lipinski definition) is 0. The summed E-state index contributed by atoms with van der Waals surface area (Å²) in [5, 5.41) is 1.22. The molecule has 3 nitrogen and oxygen atoms in total. The Labute approximate surface area is 187 Å². The Bertz CT molecular complexity index is 1010. The van der Waals surface area contributed by atoms with Crippen molar-refractivity contribution in [3.8, 4) is 0 Å². The number of nitrogens with zero attached hydrogens (tertiary/aromatic N) is 2. The van der Waals surface area contributed by atoms with Crippen molar-refractivity contribution in [1.82, 2.24) is 0 Å². The third kappa shape index (κ3) is 5.39. The second-order valence-corrected chi connectivity index (χ2v) is 7.02. The number of rotatable bonds is 6. The maximum absolute atomic E-state index is 11.8. The molecule has 0 N–H and O–H groups in total. The van der Waals surface area contributed by atoms with Crippen molar-refractivity contribution in [3.05, 3.63) is 90.1 Å². The van der Waals surface area contributed by atoms with E-state index in [1.165, 1.54) is 15.2 Å². The third-order valence-corrected chi connectivity index (χ3v) is 5.26. The second-order valence-electron chi connectivity index (χ2n) is 5.96. The van der Waals surface area contributed by atoms with Crippen LogP contribution < -0.4 is 33.4 Å². The van der Waals surface area contributed by atoms with Gasteiger partial charge in [-0.05, 0) is 31.2 Å². The Morgan fingerprint density at radius 3 is 2.39 bits per heavy atom. The summed E-state index contributed by atoms with van der Waals surface area (Å²) in [6, 6.07) is 18.1. The molecule has 3 aromatic rings. The smallest absolute Gasteiger partial charge is 0.262 e. The molecule has 0 aliphatic rings. The number of amides is 1. The SMILES string of the molecule is CC[n+]1c(/C=C/C=C/C=C/N(C(C)=O)c2ccccc2)sc2ccccc21.[I-]. The number of carbonyl (C=O) groups excluding carboxylic acids is 1. The predicted octanol–water partition coefficient (Wildman–Crippen LogP) is 2.35. The van der Waals surface area contributed by atoms with Gasteiger partial charge in [-0.3, -0.25) is 9.69 Å². The topological polar surface area (TPSA) is 24.2 Å². The molecule has 0 saturated carbocycles. The zero-order chi connectivity index (χ0) is 19.1. The minimum Gasteiger partial charge on any atom is -1.00 e. The fraction of sp³-hybridized carbons (Fsp3) is 0.130. The molecule has 1 amide bonds. The van der Waals surface area contributed by atoms with Crippen molar-refractivity contribution in [3.63, 3.8) is 0 Å². The van der Waals surface area contributed by atoms with Gasteiger partial charge in [0.2, 0.25) is 11.4 Å². The van der Waals surface area contributed by atoms with Crippen LogP contribution in [0, 0.1) is 0 Å². The van der Waals surface area contributed by atoms with Gasteiger partial charge in [0.15, 0.2) is 0 Å². The molecule has 0 unspecified atom stereocenters. The van der Waals surface area contributed by atoms with E-state index in [9.17, 15) is 4.79 Å². The summed E-state index contributed by atoms with van der Waals surface area (Å²) >= 11 is 1.79. The fourth-order valence-corrected chi connectivity index (χ4v) is 4.01. The van der Waals surface area contributed by atoms with E-state index in [1.807, 2.05) is 54.6 Å². The Morgan fingerprint density at radius 2 is 1.68 bits per heavy atom. The number of allylic oxidation sites excluding steroid dienone is 4. The average molecular weight is 502 g/mol. The predicted molar refractivity (Wildman–Crippen MR) is 115 cm³/mol. The summed E-state index contributed by atoms with van der Waals surface area (Å²) in [4.78, 5) is 13.5. The van der Waals surface area contributed by atoms with E-state index in [2.05, 4.69) is 41.8 Å². The van der Waals surface area contributed by atoms with E-state index < -0.39 is 0 Å². The second kappa shape index (κ2) is 10.9. The number of fused-ring (bicyclic) bond motifs is 1. The maximum atomic E-state index is 11.8. The molecule has 0 fully saturated rings. The van der Waals surface area contributed by atoms with Crippen LogP contribution in [0.4, 0.5) is 5.69 Å². The molecule has 3 rings (SSSR count). The van der Waals surface area contributed by atoms with Crippen LogP contribution in [-0.2, 0) is 11.3 Å². The van der Waals surface area contributed by atoms with E-state index in [-0.39, 0.29) is 29.9 Å². The number of carbonyl (C=O) groups is 1. The van der Waals surface area contributed by atoms with Crippen molar-refractivity contribution in [2.75, 3.05) is 4.90 Å². The van der Waals surface area contributed by atoms with Gasteiger partial charge in [-0.25, -0.2) is 0 Å². The van der Waals surface area contributed by atoms with Crippen LogP contribution in [0.2, 0.25) is 0 Å². The van der Waals surface area contributed by atoms with Gasteiger partial charge >= 0.3 is 0 Å². The quantitative estimate of drug-likeness (QED) is 0.289. The van der Waals surface area contributed by atoms with Crippen molar-refractivity contribution in [2.24, 2.45) is 0 Å². The zero-order valence-electron chi connectivity index (χ0n) is 16.0. The van der Waals surface area contributed by atoms with Crippen molar-refractivity contribution < 1.29 is 33.3 Å². The molecule has 2 aromatic carbocycles. The van der Waals surface area contributed by atoms with Gasteiger partial charge in [0.1, 0.15) is 11.2 Å². The first-order chi connectivity index (χ1) is 13.2. The van der Waals surface area contributed by atoms with Crippen LogP contribution in [0.3, 0.4) is 0 Å². The van der Waals surface area contributed by atoms with Crippen LogP contribution in [-0.4, -0.2) is 5.91 Å². The van der Waals surface area contributed by atoms with Crippen LogP contribution in [0.5, 0.6) is 0 Å². The number of halogens is 1. The van der Waals surface area contributed by atoms with Crippen molar-refractivity contribution in [1.29, 1.82) is 0 Å². The molecule has 1 heterocycles. The standard InChI is InChI=1S/C23H23N2OS.HI/c1-3-24-21-15-10-11-16-22(21)27-23(24)17-9-4-5-12-18-25(19(2)26)20-13-7-6-8-14-20;/h4-18H,3H2,1-2H3;1H/q+1;/p-1. The fourth-order valence-electron chi connectivity index (χ4n) is 2.87. The minimum atomic E-state index is -0.0179. The largest absolute Gasteiger partial charge is 1.00 e. The molecule has 0 bridgehead atoms. The number of hydrogen-bond acceptors (Lipinski definition) is 2. The monoisotopic (exact) mass is 502 g/mol. The van der Waals surface area contributed by atoms with Gasteiger partial charge in [-0.15, -0.1) is 0 Å². The highest BCUT2D eigenvalue weighted by Crippen LogP contribution is 2.21. The third-order valence-electron chi connectivity index (χ3n) is 4.13. The number of para-hydroxylation sites is 2. The molecule has 0 atom stereocenters. The highest BCUT2D eigenvalue weighted by atomic mass is 127. The highest BCUT2D eigenvalue weighted by molar-refractivity contribution is 7.18. The first-order valence-corrected chi connectivity index (χ1v) is 9.80. The Morgan fingerprint density at radius 1 is 1.00 bits per heavy atom. The van der Waals surface area contributed by atoms with Gasteiger partial charge in [-0.1, -0.05) is 59.9 Å². The maximum Gasteiger partial charge on any atom is 0.262 e. The molecule has 0 aliphatic heterocycles. The summed E-state index contributed by atoms with van der Waals surface area (Å²) < 4.78 is 3.61. The van der Waals surface area contributed by atoms with Gasteiger partial charge in [0.25, 0.3) is 5.01 Å². The minimum absolute atomic E-state index is 0. The Balaban J connectivity index is 0.00000280. The van der Waals surface area contributed by atoms with E-state index in [0.717, 1.165) is 12.2 Å². The van der Waals surface area contributed by atoms with Crippen molar-refractivity contribution >= 4 is 39.2 Å². The van der Waals surface area contributed by atoms with E-state index in [0.29, 0.717) is 0 Å². The van der Waals surface area contributed by atoms with Gasteiger partial charge in [0.05, 0.1) is 0 Å². The summed E-state index contributed by atoms with van der Waals surface area (Å²) in [6.07, 6.45) is 11.7. The van der Waals surface area contributed by atoms with Crippen LogP contribution >= 0.6 is 11.3 Å². The summed E-state index contributed by atoms with van der Waals surface area (Å²) in [7, 11) is 0. The summed E-state index contributed by atoms with van der Waals surface area (Å²) in [5.41, 5.74) is 2.13. The first kappa shape index (κ1) is 22.0. The molecule has 144 valence electrons. The van der Waals surface area contributed by atoms with Crippen LogP contribution in [0.25, 0.3) is 16.3 Å². The molecule has 28 heavy (non-hydrogen) atoms. The molecule has 5 heteroatoms. The first-order valence-electron chi connectivity index (χ1n) is 8.98. The summed E-state index contributed by atoms with van der Waals surface area (Å²) in [6.45, 7) is 4.67. The Kier molecular flexibility index (Phi) is 8.60. The number of thiazole rings is 1. The lowest BCUT2D eigenvalue weighted by Crippen LogP contribution is -3.00. The number of anilines is 1. The lowest BCUT2D eigenvalue weighted by Gasteiger charge is -2.15. The van der Waals surface area contributed by atoms with Crippen LogP contribution in [0.15, 0.2) is 85.1 Å². The van der Waals surface area contributed by atoms with E-state index >= 15 is 0 Å². The zero-order valence-corrected chi connectivity index (χ0v) is 18.9. The van der Waals surface area contributed by atoms with Gasteiger partial charge in [0, 0.05) is 31.0 Å². The average Bonchev–Trinajstić information content (AvgIpc) is 3.05. The lowest BCUT2D eigenvalue weighted by atomic mass is 10.3. The normalized spacial score (nSPS) is 11.5. The Hall–Kier alpha value is -2.25. The van der Waals surface area contributed by atoms with Gasteiger partial charge in [-0.2, -0.15) is 4.57 Å². The number of aryl methyl sites for hydroxylation is 1. The number of aromatic nitrogens is 1. The molecule has 0 radical (unpaired) electrons. The van der Waals surface area contributed by atoms with E-state index in [4.69, 9.17) is 0 Å². The highest BCUT2D eigenvalue weighted by Gasteiger charge is 2.15. The molecule has 0 spiro atoms. The summed E-state index contributed by atoms with van der Waals surface area (Å²) in [5.74, 6) is -0.0179. The van der Waals surface area contributed by atoms with Crippen LogP contribution in [0.1, 0.15) is 18.9 Å². The number of benzene rings is 2. The van der Waals surface area contributed by atoms with E-state index in [1.54, 1.807) is 29.4 Å². The molecule has 0 aliphatic carbocycles. The van der Waals surface area contributed by atoms with Gasteiger partial charge < -0.3 is 24.0 Å².